The zero-order chi connectivity index (χ0) is 11.8. The molecule has 0 radical (unpaired) electrons. The molecule has 0 aliphatic rings. The molecule has 0 bridgehead atoms. The van der Waals surface area contributed by atoms with E-state index in [0.717, 1.165) is 5.69 Å². The second-order valence-electron chi connectivity index (χ2n) is 2.98. The zero-order valence-corrected chi connectivity index (χ0v) is 10.5. The van der Waals surface area contributed by atoms with E-state index < -0.39 is 0 Å². The van der Waals surface area contributed by atoms with Crippen molar-refractivity contribution in [1.29, 1.82) is 0 Å². The fourth-order valence-electron chi connectivity index (χ4n) is 0.997. The normalized spacial score (nSPS) is 9.62. The van der Waals surface area contributed by atoms with Gasteiger partial charge in [0.1, 0.15) is 0 Å². The first kappa shape index (κ1) is 13.0. The maximum absolute atomic E-state index is 5.95. The molecule has 0 heterocycles. The Morgan fingerprint density at radius 2 is 2.19 bits per heavy atom. The highest BCUT2D eigenvalue weighted by molar-refractivity contribution is 7.80. The highest BCUT2D eigenvalue weighted by Crippen LogP contribution is 2.19. The number of anilines is 1. The van der Waals surface area contributed by atoms with Gasteiger partial charge in [-0.25, -0.2) is 0 Å². The second-order valence-corrected chi connectivity index (χ2v) is 3.79. The van der Waals surface area contributed by atoms with Crippen molar-refractivity contribution in [2.45, 2.75) is 0 Å². The van der Waals surface area contributed by atoms with Crippen LogP contribution in [0.25, 0.3) is 0 Å². The van der Waals surface area contributed by atoms with Crippen LogP contribution in [0.15, 0.2) is 24.3 Å². The van der Waals surface area contributed by atoms with Crippen molar-refractivity contribution in [1.82, 2.24) is 10.7 Å². The van der Waals surface area contributed by atoms with Crippen LogP contribution in [0.3, 0.4) is 0 Å². The van der Waals surface area contributed by atoms with Gasteiger partial charge in [-0.2, -0.15) is 0 Å². The number of hydrogen-bond acceptors (Lipinski definition) is 3. The Labute approximate surface area is 105 Å². The van der Waals surface area contributed by atoms with E-state index in [-0.39, 0.29) is 0 Å². The van der Waals surface area contributed by atoms with Crippen molar-refractivity contribution in [2.24, 2.45) is 0 Å². The van der Waals surface area contributed by atoms with Gasteiger partial charge < -0.3 is 10.1 Å². The van der Waals surface area contributed by atoms with Crippen molar-refractivity contribution in [3.8, 4) is 0 Å². The number of para-hydroxylation sites is 1. The molecule has 88 valence electrons. The topological polar surface area (TPSA) is 45.3 Å². The molecule has 1 aromatic carbocycles. The summed E-state index contributed by atoms with van der Waals surface area (Å²) in [5.41, 5.74) is 6.52. The number of ether oxygens (including phenoxy) is 1. The largest absolute Gasteiger partial charge is 0.383 e. The molecular weight excluding hydrogens is 246 g/mol. The van der Waals surface area contributed by atoms with E-state index in [2.05, 4.69) is 16.2 Å². The molecule has 16 heavy (non-hydrogen) atoms. The van der Waals surface area contributed by atoms with E-state index >= 15 is 0 Å². The Morgan fingerprint density at radius 1 is 1.44 bits per heavy atom. The molecule has 0 saturated carbocycles. The van der Waals surface area contributed by atoms with Gasteiger partial charge >= 0.3 is 0 Å². The van der Waals surface area contributed by atoms with Crippen LogP contribution in [0.2, 0.25) is 5.02 Å². The van der Waals surface area contributed by atoms with Gasteiger partial charge in [-0.15, -0.1) is 0 Å². The van der Waals surface area contributed by atoms with Crippen LogP contribution in [0.4, 0.5) is 5.69 Å². The number of rotatable bonds is 5. The van der Waals surface area contributed by atoms with Crippen LogP contribution in [-0.2, 0) is 4.74 Å². The third kappa shape index (κ3) is 4.65. The average molecular weight is 260 g/mol. The van der Waals surface area contributed by atoms with E-state index in [0.29, 0.717) is 23.3 Å². The molecule has 6 heteroatoms. The molecule has 3 N–H and O–H groups in total. The Morgan fingerprint density at radius 3 is 2.88 bits per heavy atom. The molecule has 0 aliphatic carbocycles. The number of hydrogen-bond donors (Lipinski definition) is 3. The monoisotopic (exact) mass is 259 g/mol. The number of benzene rings is 1. The first-order valence-corrected chi connectivity index (χ1v) is 5.56. The number of nitrogens with one attached hydrogen (secondary N) is 3. The van der Waals surface area contributed by atoms with Crippen LogP contribution < -0.4 is 16.2 Å². The van der Waals surface area contributed by atoms with Crippen molar-refractivity contribution < 1.29 is 4.74 Å². The first-order chi connectivity index (χ1) is 7.74. The van der Waals surface area contributed by atoms with Crippen molar-refractivity contribution >= 4 is 34.6 Å². The van der Waals surface area contributed by atoms with Crippen LogP contribution in [0, 0.1) is 0 Å². The van der Waals surface area contributed by atoms with Crippen molar-refractivity contribution in [3.63, 3.8) is 0 Å². The molecule has 0 aliphatic heterocycles. The van der Waals surface area contributed by atoms with Crippen LogP contribution in [-0.4, -0.2) is 25.4 Å². The molecule has 0 aromatic heterocycles. The van der Waals surface area contributed by atoms with E-state index in [1.165, 1.54) is 0 Å². The molecule has 1 aromatic rings. The predicted molar refractivity (Wildman–Crippen MR) is 70.7 cm³/mol. The smallest absolute Gasteiger partial charge is 0.185 e. The highest BCUT2D eigenvalue weighted by atomic mass is 35.5. The summed E-state index contributed by atoms with van der Waals surface area (Å²) in [4.78, 5) is 0. The quantitative estimate of drug-likeness (QED) is 0.427. The van der Waals surface area contributed by atoms with Crippen LogP contribution in [0.5, 0.6) is 0 Å². The summed E-state index contributed by atoms with van der Waals surface area (Å²) in [5, 5.41) is 4.09. The van der Waals surface area contributed by atoms with Gasteiger partial charge in [0.15, 0.2) is 5.11 Å². The Kier molecular flexibility index (Phi) is 5.92. The molecule has 0 fully saturated rings. The van der Waals surface area contributed by atoms with Crippen LogP contribution in [0.1, 0.15) is 0 Å². The Balaban J connectivity index is 2.29. The fraction of sp³-hybridized carbons (Fsp3) is 0.300. The maximum Gasteiger partial charge on any atom is 0.185 e. The summed E-state index contributed by atoms with van der Waals surface area (Å²) in [5.74, 6) is 0. The van der Waals surface area contributed by atoms with Gasteiger partial charge in [-0.3, -0.25) is 10.9 Å². The van der Waals surface area contributed by atoms with Gasteiger partial charge in [0, 0.05) is 13.7 Å². The summed E-state index contributed by atoms with van der Waals surface area (Å²) in [6.07, 6.45) is 0. The SMILES string of the molecule is COCCNC(=S)NNc1ccccc1Cl. The van der Waals surface area contributed by atoms with E-state index in [4.69, 9.17) is 28.6 Å². The molecule has 0 spiro atoms. The Bertz CT molecular complexity index is 349. The third-order valence-electron chi connectivity index (χ3n) is 1.78. The van der Waals surface area contributed by atoms with Gasteiger partial charge in [-0.05, 0) is 24.4 Å². The summed E-state index contributed by atoms with van der Waals surface area (Å²) >= 11 is 11.0. The number of halogens is 1. The Hall–Kier alpha value is -1.04. The molecule has 1 rings (SSSR count). The van der Waals surface area contributed by atoms with Crippen molar-refractivity contribution in [2.75, 3.05) is 25.7 Å². The highest BCUT2D eigenvalue weighted by Gasteiger charge is 1.98. The lowest BCUT2D eigenvalue weighted by molar-refractivity contribution is 0.204. The summed E-state index contributed by atoms with van der Waals surface area (Å²) in [6, 6.07) is 7.40. The van der Waals surface area contributed by atoms with Crippen LogP contribution >= 0.6 is 23.8 Å². The molecule has 0 amide bonds. The van der Waals surface area contributed by atoms with E-state index in [9.17, 15) is 0 Å². The zero-order valence-electron chi connectivity index (χ0n) is 8.92. The summed E-state index contributed by atoms with van der Waals surface area (Å²) in [6.45, 7) is 1.26. The minimum absolute atomic E-state index is 0.497. The molecule has 0 unspecified atom stereocenters. The third-order valence-corrected chi connectivity index (χ3v) is 2.35. The van der Waals surface area contributed by atoms with E-state index in [1.807, 2.05) is 18.2 Å². The summed E-state index contributed by atoms with van der Waals surface area (Å²) in [7, 11) is 1.64. The minimum Gasteiger partial charge on any atom is -0.383 e. The number of methoxy groups -OCH3 is 1. The molecule has 0 saturated heterocycles. The minimum atomic E-state index is 0.497. The predicted octanol–water partition coefficient (Wildman–Crippen LogP) is 1.78. The molecule has 0 atom stereocenters. The number of hydrazine groups is 1. The standard InChI is InChI=1S/C10H14ClN3OS/c1-15-7-6-12-10(16)14-13-9-5-3-2-4-8(9)11/h2-5,13H,6-7H2,1H3,(H2,12,14,16). The summed E-state index contributed by atoms with van der Waals surface area (Å²) < 4.78 is 4.88. The fourth-order valence-corrected chi connectivity index (χ4v) is 1.33. The van der Waals surface area contributed by atoms with Gasteiger partial charge in [0.2, 0.25) is 0 Å². The molecule has 4 nitrogen and oxygen atoms in total. The molecular formula is C10H14ClN3OS. The lowest BCUT2D eigenvalue weighted by atomic mass is 10.3. The first-order valence-electron chi connectivity index (χ1n) is 4.77. The lowest BCUT2D eigenvalue weighted by Crippen LogP contribution is -2.40. The van der Waals surface area contributed by atoms with Gasteiger partial charge in [0.05, 0.1) is 17.3 Å². The second kappa shape index (κ2) is 7.27. The van der Waals surface area contributed by atoms with Gasteiger partial charge in [-0.1, -0.05) is 23.7 Å². The average Bonchev–Trinajstić information content (AvgIpc) is 2.28. The lowest BCUT2D eigenvalue weighted by Gasteiger charge is -2.12. The number of thiocarbonyl (C=S) groups is 1. The van der Waals surface area contributed by atoms with Crippen molar-refractivity contribution in [3.05, 3.63) is 29.3 Å². The van der Waals surface area contributed by atoms with E-state index in [1.54, 1.807) is 13.2 Å². The van der Waals surface area contributed by atoms with Gasteiger partial charge in [0.25, 0.3) is 0 Å². The maximum atomic E-state index is 5.95.